The number of fused-ring (bicyclic) bond motifs is 1. The van der Waals surface area contributed by atoms with Crippen LogP contribution in [0.25, 0.3) is 11.2 Å². The largest absolute Gasteiger partial charge is 0.332 e. The highest BCUT2D eigenvalue weighted by molar-refractivity contribution is 5.70. The van der Waals surface area contributed by atoms with Crippen molar-refractivity contribution in [2.45, 2.75) is 32.9 Å². The molecule has 23 heavy (non-hydrogen) atoms. The van der Waals surface area contributed by atoms with E-state index in [-0.39, 0.29) is 5.56 Å². The molecule has 0 radical (unpaired) electrons. The van der Waals surface area contributed by atoms with Crippen LogP contribution in [0, 0.1) is 0 Å². The van der Waals surface area contributed by atoms with E-state index in [0.29, 0.717) is 23.5 Å². The van der Waals surface area contributed by atoms with E-state index in [1.807, 2.05) is 0 Å². The first-order valence-corrected chi connectivity index (χ1v) is 7.40. The molecule has 0 amide bonds. The molecule has 0 aliphatic rings. The maximum absolute atomic E-state index is 12.4. The lowest BCUT2D eigenvalue weighted by atomic mass is 10.3. The second-order valence-electron chi connectivity index (χ2n) is 5.42. The highest BCUT2D eigenvalue weighted by Gasteiger charge is 2.16. The summed E-state index contributed by atoms with van der Waals surface area (Å²) < 4.78 is 5.82. The number of nitrogens with zero attached hydrogens (tertiary/aromatic N) is 8. The molecule has 0 fully saturated rings. The van der Waals surface area contributed by atoms with Gasteiger partial charge in [0.25, 0.3) is 5.56 Å². The van der Waals surface area contributed by atoms with Crippen molar-refractivity contribution in [1.82, 2.24) is 38.9 Å². The van der Waals surface area contributed by atoms with Gasteiger partial charge >= 0.3 is 5.69 Å². The monoisotopic (exact) mass is 318 g/mol. The fourth-order valence-corrected chi connectivity index (χ4v) is 2.49. The van der Waals surface area contributed by atoms with Crippen LogP contribution in [-0.4, -0.2) is 38.9 Å². The van der Waals surface area contributed by atoms with E-state index in [9.17, 15) is 9.59 Å². The quantitative estimate of drug-likeness (QED) is 0.614. The number of tetrazole rings is 1. The van der Waals surface area contributed by atoms with Gasteiger partial charge in [-0.25, -0.2) is 14.5 Å². The topological polar surface area (TPSA) is 105 Å². The van der Waals surface area contributed by atoms with Crippen LogP contribution < -0.4 is 11.2 Å². The summed E-state index contributed by atoms with van der Waals surface area (Å²) in [5.41, 5.74) is -0.0703. The Morgan fingerprint density at radius 3 is 2.70 bits per heavy atom. The summed E-state index contributed by atoms with van der Waals surface area (Å²) in [5.74, 6) is 0.647. The molecule has 3 rings (SSSR count). The predicted molar refractivity (Wildman–Crippen MR) is 82.0 cm³/mol. The third-order valence-electron chi connectivity index (χ3n) is 3.86. The molecule has 0 N–H and O–H groups in total. The molecule has 122 valence electrons. The Balaban J connectivity index is 2.07. The highest BCUT2D eigenvalue weighted by atomic mass is 16.2. The molecular formula is C13H18N8O2. The van der Waals surface area contributed by atoms with Gasteiger partial charge in [0.05, 0.1) is 12.9 Å². The average Bonchev–Trinajstić information content (AvgIpc) is 3.16. The molecule has 0 atom stereocenters. The van der Waals surface area contributed by atoms with Crippen LogP contribution in [0.5, 0.6) is 0 Å². The minimum absolute atomic E-state index is 0.320. The number of hydrogen-bond acceptors (Lipinski definition) is 6. The first-order chi connectivity index (χ1) is 11.0. The van der Waals surface area contributed by atoms with Gasteiger partial charge in [-0.1, -0.05) is 13.3 Å². The molecule has 3 aromatic heterocycles. The molecule has 0 spiro atoms. The maximum Gasteiger partial charge on any atom is 0.332 e. The lowest BCUT2D eigenvalue weighted by Crippen LogP contribution is -2.37. The van der Waals surface area contributed by atoms with E-state index < -0.39 is 5.69 Å². The number of aryl methyl sites for hydroxylation is 2. The summed E-state index contributed by atoms with van der Waals surface area (Å²) in [5, 5.41) is 11.7. The van der Waals surface area contributed by atoms with Crippen LogP contribution in [0.2, 0.25) is 0 Å². The summed E-state index contributed by atoms with van der Waals surface area (Å²) >= 11 is 0. The SMILES string of the molecule is CCCCn1nnnc1Cn1cnc2c1c(=O)n(C)c(=O)n2C. The molecule has 0 aliphatic heterocycles. The van der Waals surface area contributed by atoms with Crippen LogP contribution in [-0.2, 0) is 27.2 Å². The smallest absolute Gasteiger partial charge is 0.317 e. The Morgan fingerprint density at radius 1 is 1.17 bits per heavy atom. The fourth-order valence-electron chi connectivity index (χ4n) is 2.49. The van der Waals surface area contributed by atoms with Crippen molar-refractivity contribution in [3.8, 4) is 0 Å². The summed E-state index contributed by atoms with van der Waals surface area (Å²) in [6.07, 6.45) is 3.54. The molecule has 3 aromatic rings. The van der Waals surface area contributed by atoms with E-state index in [1.54, 1.807) is 16.3 Å². The van der Waals surface area contributed by atoms with Gasteiger partial charge in [0.2, 0.25) is 0 Å². The number of imidazole rings is 1. The second-order valence-corrected chi connectivity index (χ2v) is 5.42. The van der Waals surface area contributed by atoms with Gasteiger partial charge in [0, 0.05) is 20.6 Å². The first-order valence-electron chi connectivity index (χ1n) is 7.40. The highest BCUT2D eigenvalue weighted by Crippen LogP contribution is 2.08. The van der Waals surface area contributed by atoms with E-state index in [2.05, 4.69) is 27.4 Å². The molecule has 10 heteroatoms. The predicted octanol–water partition coefficient (Wildman–Crippen LogP) is -0.731. The third kappa shape index (κ3) is 2.45. The van der Waals surface area contributed by atoms with Crippen LogP contribution in [0.15, 0.2) is 15.9 Å². The number of aromatic nitrogens is 8. The first kappa shape index (κ1) is 15.1. The Morgan fingerprint density at radius 2 is 1.96 bits per heavy atom. The van der Waals surface area contributed by atoms with Crippen LogP contribution in [0.4, 0.5) is 0 Å². The van der Waals surface area contributed by atoms with Gasteiger partial charge in [-0.3, -0.25) is 13.9 Å². The molecular weight excluding hydrogens is 300 g/mol. The zero-order valence-corrected chi connectivity index (χ0v) is 13.3. The van der Waals surface area contributed by atoms with Gasteiger partial charge < -0.3 is 4.57 Å². The second kappa shape index (κ2) is 5.78. The molecule has 0 saturated carbocycles. The van der Waals surface area contributed by atoms with E-state index in [4.69, 9.17) is 0 Å². The van der Waals surface area contributed by atoms with Crippen molar-refractivity contribution >= 4 is 11.2 Å². The Hall–Kier alpha value is -2.78. The maximum atomic E-state index is 12.4. The molecule has 3 heterocycles. The lowest BCUT2D eigenvalue weighted by Gasteiger charge is -2.07. The van der Waals surface area contributed by atoms with Gasteiger partial charge in [0.1, 0.15) is 0 Å². The summed E-state index contributed by atoms with van der Waals surface area (Å²) in [4.78, 5) is 28.5. The third-order valence-corrected chi connectivity index (χ3v) is 3.86. The minimum Gasteiger partial charge on any atom is -0.317 e. The standard InChI is InChI=1S/C13H18N8O2/c1-4-5-6-21-9(15-16-17-21)7-20-8-14-11-10(20)12(22)19(3)13(23)18(11)2/h8H,4-7H2,1-3H3. The average molecular weight is 318 g/mol. The molecule has 10 nitrogen and oxygen atoms in total. The van der Waals surface area contributed by atoms with Crippen LogP contribution >= 0.6 is 0 Å². The van der Waals surface area contributed by atoms with E-state index in [1.165, 1.54) is 17.9 Å². The Labute approximate surface area is 131 Å². The van der Waals surface area contributed by atoms with Gasteiger partial charge in [-0.15, -0.1) is 5.10 Å². The number of unbranched alkanes of at least 4 members (excludes halogenated alkanes) is 1. The zero-order valence-electron chi connectivity index (χ0n) is 13.3. The molecule has 0 saturated heterocycles. The number of rotatable bonds is 5. The Kier molecular flexibility index (Phi) is 3.80. The molecule has 0 unspecified atom stereocenters. The zero-order chi connectivity index (χ0) is 16.6. The van der Waals surface area contributed by atoms with E-state index in [0.717, 1.165) is 24.0 Å². The Bertz CT molecular complexity index is 961. The van der Waals surface area contributed by atoms with Crippen molar-refractivity contribution in [3.63, 3.8) is 0 Å². The van der Waals surface area contributed by atoms with Crippen molar-refractivity contribution in [2.24, 2.45) is 14.1 Å². The fraction of sp³-hybridized carbons (Fsp3) is 0.538. The van der Waals surface area contributed by atoms with Crippen molar-refractivity contribution < 1.29 is 0 Å². The number of hydrogen-bond donors (Lipinski definition) is 0. The van der Waals surface area contributed by atoms with Gasteiger partial charge in [-0.05, 0) is 16.8 Å². The lowest BCUT2D eigenvalue weighted by molar-refractivity contribution is 0.525. The van der Waals surface area contributed by atoms with Crippen LogP contribution in [0.3, 0.4) is 0 Å². The summed E-state index contributed by atoms with van der Waals surface area (Å²) in [6, 6.07) is 0. The van der Waals surface area contributed by atoms with Crippen molar-refractivity contribution in [2.75, 3.05) is 0 Å². The van der Waals surface area contributed by atoms with Gasteiger partial charge in [-0.2, -0.15) is 0 Å². The molecule has 0 aliphatic carbocycles. The van der Waals surface area contributed by atoms with Gasteiger partial charge in [0.15, 0.2) is 17.0 Å². The molecule has 0 bridgehead atoms. The molecule has 0 aromatic carbocycles. The van der Waals surface area contributed by atoms with Crippen LogP contribution in [0.1, 0.15) is 25.6 Å². The van der Waals surface area contributed by atoms with Crippen molar-refractivity contribution in [1.29, 1.82) is 0 Å². The van der Waals surface area contributed by atoms with E-state index >= 15 is 0 Å². The normalized spacial score (nSPS) is 11.4. The summed E-state index contributed by atoms with van der Waals surface area (Å²) in [7, 11) is 3.04. The van der Waals surface area contributed by atoms with Crippen molar-refractivity contribution in [3.05, 3.63) is 33.0 Å². The summed E-state index contributed by atoms with van der Waals surface area (Å²) in [6.45, 7) is 3.14. The minimum atomic E-state index is -0.402.